The predicted molar refractivity (Wildman–Crippen MR) is 67.2 cm³/mol. The zero-order valence-corrected chi connectivity index (χ0v) is 11.2. The van der Waals surface area contributed by atoms with Crippen molar-refractivity contribution in [3.8, 4) is 0 Å². The van der Waals surface area contributed by atoms with E-state index in [1.807, 2.05) is 14.0 Å². The van der Waals surface area contributed by atoms with Gasteiger partial charge in [-0.3, -0.25) is 9.48 Å². The van der Waals surface area contributed by atoms with Crippen molar-refractivity contribution in [2.45, 2.75) is 32.7 Å². The van der Waals surface area contributed by atoms with E-state index < -0.39 is 0 Å². The van der Waals surface area contributed by atoms with E-state index >= 15 is 0 Å². The molecular weight excluding hydrogens is 238 g/mol. The number of nitrogens with zero attached hydrogens (tertiary/aromatic N) is 2. The number of aryl methyl sites for hydroxylation is 2. The maximum Gasteiger partial charge on any atom is 0.143 e. The van der Waals surface area contributed by atoms with E-state index in [9.17, 15) is 4.79 Å². The van der Waals surface area contributed by atoms with E-state index in [1.54, 1.807) is 4.68 Å². The summed E-state index contributed by atoms with van der Waals surface area (Å²) in [6, 6.07) is 0.274. The molecule has 94 valence electrons. The summed E-state index contributed by atoms with van der Waals surface area (Å²) in [5, 5.41) is 8.15. The van der Waals surface area contributed by atoms with Crippen LogP contribution in [-0.4, -0.2) is 28.2 Å². The Kier molecular flexibility index (Phi) is 3.54. The van der Waals surface area contributed by atoms with Crippen LogP contribution in [0.25, 0.3) is 0 Å². The Hall–Kier alpha value is -0.870. The lowest BCUT2D eigenvalue weighted by Crippen LogP contribution is -2.29. The molecular formula is C12H18ClN3O. The molecule has 1 saturated heterocycles. The third-order valence-electron chi connectivity index (χ3n) is 3.54. The summed E-state index contributed by atoms with van der Waals surface area (Å²) in [6.07, 6.45) is 1.31. The SMILES string of the molecule is Cc1nn(C)c(CC(=O)C2CCNC2C)c1Cl. The molecule has 2 rings (SSSR count). The maximum atomic E-state index is 12.2. The van der Waals surface area contributed by atoms with Gasteiger partial charge in [0.05, 0.1) is 22.8 Å². The van der Waals surface area contributed by atoms with Gasteiger partial charge < -0.3 is 5.32 Å². The lowest BCUT2D eigenvalue weighted by Gasteiger charge is -2.13. The van der Waals surface area contributed by atoms with Crippen LogP contribution >= 0.6 is 11.6 Å². The molecule has 1 aromatic heterocycles. The number of ketones is 1. The van der Waals surface area contributed by atoms with E-state index in [2.05, 4.69) is 17.3 Å². The number of hydrogen-bond acceptors (Lipinski definition) is 3. The molecule has 0 aliphatic carbocycles. The van der Waals surface area contributed by atoms with Gasteiger partial charge >= 0.3 is 0 Å². The van der Waals surface area contributed by atoms with Gasteiger partial charge in [-0.1, -0.05) is 11.6 Å². The fourth-order valence-electron chi connectivity index (χ4n) is 2.47. The van der Waals surface area contributed by atoms with Crippen LogP contribution in [-0.2, 0) is 18.3 Å². The van der Waals surface area contributed by atoms with Crippen LogP contribution in [0.15, 0.2) is 0 Å². The standard InChI is InChI=1S/C12H18ClN3O/c1-7-9(4-5-14-7)11(17)6-10-12(13)8(2)15-16(10)3/h7,9,14H,4-6H2,1-3H3. The molecule has 0 amide bonds. The third kappa shape index (κ3) is 2.38. The van der Waals surface area contributed by atoms with Crippen LogP contribution in [0.5, 0.6) is 0 Å². The Balaban J connectivity index is 2.13. The summed E-state index contributed by atoms with van der Waals surface area (Å²) < 4.78 is 1.71. The molecule has 1 aliphatic rings. The van der Waals surface area contributed by atoms with E-state index in [-0.39, 0.29) is 17.7 Å². The third-order valence-corrected chi connectivity index (χ3v) is 4.03. The smallest absolute Gasteiger partial charge is 0.143 e. The van der Waals surface area contributed by atoms with Gasteiger partial charge in [0.15, 0.2) is 0 Å². The molecule has 5 heteroatoms. The molecule has 1 aromatic rings. The fourth-order valence-corrected chi connectivity index (χ4v) is 2.69. The summed E-state index contributed by atoms with van der Waals surface area (Å²) in [5.41, 5.74) is 1.61. The summed E-state index contributed by atoms with van der Waals surface area (Å²) >= 11 is 6.15. The average molecular weight is 256 g/mol. The second-order valence-electron chi connectivity index (χ2n) is 4.75. The molecule has 17 heavy (non-hydrogen) atoms. The molecule has 0 aromatic carbocycles. The molecule has 0 saturated carbocycles. The molecule has 0 radical (unpaired) electrons. The van der Waals surface area contributed by atoms with Gasteiger partial charge in [-0.25, -0.2) is 0 Å². The quantitative estimate of drug-likeness (QED) is 0.890. The Morgan fingerprint density at radius 2 is 2.35 bits per heavy atom. The lowest BCUT2D eigenvalue weighted by molar-refractivity contribution is -0.122. The first-order valence-electron chi connectivity index (χ1n) is 5.94. The van der Waals surface area contributed by atoms with Gasteiger partial charge in [-0.05, 0) is 26.8 Å². The van der Waals surface area contributed by atoms with Crippen LogP contribution in [0.2, 0.25) is 5.02 Å². The minimum Gasteiger partial charge on any atom is -0.314 e. The highest BCUT2D eigenvalue weighted by Gasteiger charge is 2.30. The first kappa shape index (κ1) is 12.6. The number of rotatable bonds is 3. The Morgan fingerprint density at radius 1 is 1.65 bits per heavy atom. The summed E-state index contributed by atoms with van der Waals surface area (Å²) in [6.45, 7) is 4.84. The zero-order chi connectivity index (χ0) is 12.6. The average Bonchev–Trinajstić information content (AvgIpc) is 2.78. The number of nitrogens with one attached hydrogen (secondary N) is 1. The summed E-state index contributed by atoms with van der Waals surface area (Å²) in [7, 11) is 1.83. The van der Waals surface area contributed by atoms with E-state index in [0.717, 1.165) is 24.4 Å². The molecule has 2 unspecified atom stereocenters. The highest BCUT2D eigenvalue weighted by Crippen LogP contribution is 2.23. The Labute approximate surface area is 106 Å². The number of Topliss-reactive ketones (excluding diaryl/α,β-unsaturated/α-hetero) is 1. The van der Waals surface area contributed by atoms with E-state index in [0.29, 0.717) is 11.4 Å². The van der Waals surface area contributed by atoms with Crippen LogP contribution in [0.1, 0.15) is 24.7 Å². The van der Waals surface area contributed by atoms with Crippen LogP contribution in [0.4, 0.5) is 0 Å². The van der Waals surface area contributed by atoms with Crippen molar-refractivity contribution in [1.29, 1.82) is 0 Å². The minimum atomic E-state index is 0.112. The van der Waals surface area contributed by atoms with Gasteiger partial charge in [-0.15, -0.1) is 0 Å². The number of halogens is 1. The first-order valence-corrected chi connectivity index (χ1v) is 6.32. The van der Waals surface area contributed by atoms with Crippen LogP contribution in [0, 0.1) is 12.8 Å². The fraction of sp³-hybridized carbons (Fsp3) is 0.667. The van der Waals surface area contributed by atoms with Crippen molar-refractivity contribution in [1.82, 2.24) is 15.1 Å². The normalized spacial score (nSPS) is 24.2. The largest absolute Gasteiger partial charge is 0.314 e. The van der Waals surface area contributed by atoms with Crippen molar-refractivity contribution in [3.63, 3.8) is 0 Å². The van der Waals surface area contributed by atoms with E-state index in [1.165, 1.54) is 0 Å². The highest BCUT2D eigenvalue weighted by atomic mass is 35.5. The van der Waals surface area contributed by atoms with Gasteiger partial charge in [0, 0.05) is 19.0 Å². The van der Waals surface area contributed by atoms with Crippen molar-refractivity contribution < 1.29 is 4.79 Å². The maximum absolute atomic E-state index is 12.2. The van der Waals surface area contributed by atoms with Gasteiger partial charge in [0.1, 0.15) is 5.78 Å². The van der Waals surface area contributed by atoms with Crippen molar-refractivity contribution in [2.24, 2.45) is 13.0 Å². The molecule has 1 fully saturated rings. The van der Waals surface area contributed by atoms with Crippen molar-refractivity contribution in [2.75, 3.05) is 6.54 Å². The number of aromatic nitrogens is 2. The number of hydrogen-bond donors (Lipinski definition) is 1. The van der Waals surface area contributed by atoms with E-state index in [4.69, 9.17) is 11.6 Å². The zero-order valence-electron chi connectivity index (χ0n) is 10.5. The van der Waals surface area contributed by atoms with Gasteiger partial charge in [-0.2, -0.15) is 5.10 Å². The van der Waals surface area contributed by atoms with Gasteiger partial charge in [0.25, 0.3) is 0 Å². The Bertz CT molecular complexity index is 441. The molecule has 0 spiro atoms. The number of carbonyl (C=O) groups is 1. The summed E-state index contributed by atoms with van der Waals surface area (Å²) in [5.74, 6) is 0.369. The van der Waals surface area contributed by atoms with Crippen molar-refractivity contribution in [3.05, 3.63) is 16.4 Å². The predicted octanol–water partition coefficient (Wildman–Crippen LogP) is 1.49. The topological polar surface area (TPSA) is 46.9 Å². The lowest BCUT2D eigenvalue weighted by atomic mass is 9.94. The van der Waals surface area contributed by atoms with Crippen molar-refractivity contribution >= 4 is 17.4 Å². The Morgan fingerprint density at radius 3 is 2.82 bits per heavy atom. The van der Waals surface area contributed by atoms with Crippen LogP contribution in [0.3, 0.4) is 0 Å². The molecule has 2 atom stereocenters. The molecule has 2 heterocycles. The van der Waals surface area contributed by atoms with Crippen LogP contribution < -0.4 is 5.32 Å². The molecule has 0 bridgehead atoms. The first-order chi connectivity index (χ1) is 8.00. The monoisotopic (exact) mass is 255 g/mol. The number of carbonyl (C=O) groups excluding carboxylic acids is 1. The highest BCUT2D eigenvalue weighted by molar-refractivity contribution is 6.32. The second-order valence-corrected chi connectivity index (χ2v) is 5.13. The molecule has 1 aliphatic heterocycles. The summed E-state index contributed by atoms with van der Waals surface area (Å²) in [4.78, 5) is 12.2. The molecule has 1 N–H and O–H groups in total. The molecule has 4 nitrogen and oxygen atoms in total. The van der Waals surface area contributed by atoms with Gasteiger partial charge in [0.2, 0.25) is 0 Å². The second kappa shape index (κ2) is 4.78. The minimum absolute atomic E-state index is 0.112.